The molecule has 3 aliphatic rings. The molecule has 2 fully saturated rings. The molecule has 0 radical (unpaired) electrons. The first-order valence-corrected chi connectivity index (χ1v) is 14.6. The lowest BCUT2D eigenvalue weighted by Gasteiger charge is -2.37. The van der Waals surface area contributed by atoms with Crippen molar-refractivity contribution in [2.45, 2.75) is 49.9 Å². The predicted octanol–water partition coefficient (Wildman–Crippen LogP) is 5.68. The number of aliphatic imine (C=N–C) groups is 1. The molecular formula is C34H37FN4O3. The van der Waals surface area contributed by atoms with Gasteiger partial charge in [-0.1, -0.05) is 36.8 Å². The lowest BCUT2D eigenvalue weighted by atomic mass is 9.65. The Labute approximate surface area is 246 Å². The van der Waals surface area contributed by atoms with Gasteiger partial charge >= 0.3 is 0 Å². The van der Waals surface area contributed by atoms with Gasteiger partial charge in [-0.05, 0) is 86.1 Å². The largest absolute Gasteiger partial charge is 0.497 e. The van der Waals surface area contributed by atoms with Crippen LogP contribution in [0.5, 0.6) is 11.5 Å². The number of likely N-dealkylation sites (tertiary alicyclic amines) is 1. The van der Waals surface area contributed by atoms with Crippen LogP contribution in [0, 0.1) is 0 Å². The van der Waals surface area contributed by atoms with E-state index in [1.54, 1.807) is 13.2 Å². The van der Waals surface area contributed by atoms with Gasteiger partial charge in [0.05, 0.1) is 36.2 Å². The number of halogens is 1. The van der Waals surface area contributed by atoms with Crippen molar-refractivity contribution in [2.24, 2.45) is 10.7 Å². The molecule has 2 N–H and O–H groups in total. The highest BCUT2D eigenvalue weighted by molar-refractivity contribution is 6.14. The number of nitrogens with two attached hydrogens (primary N) is 1. The maximum absolute atomic E-state index is 15.3. The third-order valence-corrected chi connectivity index (χ3v) is 8.74. The Balaban J connectivity index is 1.49. The average Bonchev–Trinajstić information content (AvgIpc) is 3.23. The van der Waals surface area contributed by atoms with Crippen LogP contribution in [-0.2, 0) is 16.8 Å². The summed E-state index contributed by atoms with van der Waals surface area (Å²) in [6.07, 6.45) is 4.51. The number of amides is 1. The van der Waals surface area contributed by atoms with Crippen molar-refractivity contribution >= 4 is 23.0 Å². The molecule has 2 atom stereocenters. The van der Waals surface area contributed by atoms with Crippen LogP contribution in [0.4, 0.5) is 15.8 Å². The molecule has 1 saturated carbocycles. The Morgan fingerprint density at radius 3 is 2.55 bits per heavy atom. The van der Waals surface area contributed by atoms with Crippen LogP contribution in [-0.4, -0.2) is 56.0 Å². The summed E-state index contributed by atoms with van der Waals surface area (Å²) in [7, 11) is 3.55. The standard InChI is InChI=1S/C34H37FN4O3/c1-38-18-14-30(28(35)22-38)42-31-20-24(29(13-17-36)37-25-7-4-3-5-8-25)19-27-32(31)39(33(40)34(27)15-6-16-34)21-23-9-11-26(41-2)12-10-23/h3-5,7-13,17,19-20,28,30H,6,14-16,18,21-22,36H2,1-2H3. The van der Waals surface area contributed by atoms with Crippen molar-refractivity contribution in [1.29, 1.82) is 0 Å². The van der Waals surface area contributed by atoms with Crippen molar-refractivity contribution in [1.82, 2.24) is 4.90 Å². The fraction of sp³-hybridized carbons (Fsp3) is 0.353. The maximum atomic E-state index is 15.3. The van der Waals surface area contributed by atoms with E-state index in [0.717, 1.165) is 59.6 Å². The first-order chi connectivity index (χ1) is 20.4. The molecule has 2 unspecified atom stereocenters. The summed E-state index contributed by atoms with van der Waals surface area (Å²) in [6.45, 7) is 1.43. The molecule has 3 aromatic carbocycles. The van der Waals surface area contributed by atoms with E-state index in [4.69, 9.17) is 20.2 Å². The Morgan fingerprint density at radius 2 is 1.90 bits per heavy atom. The molecule has 1 saturated heterocycles. The van der Waals surface area contributed by atoms with Crippen LogP contribution in [0.1, 0.15) is 42.4 Å². The van der Waals surface area contributed by atoms with Crippen molar-refractivity contribution in [3.8, 4) is 11.5 Å². The number of hydrogen-bond acceptors (Lipinski definition) is 6. The first-order valence-electron chi connectivity index (χ1n) is 14.6. The SMILES string of the molecule is COc1ccc(CN2C(=O)C3(CCC3)c3cc(C(C=CN)=Nc4ccccc4)cc(OC4CCN(C)CC4F)c32)cc1. The quantitative estimate of drug-likeness (QED) is 0.354. The van der Waals surface area contributed by atoms with Gasteiger partial charge in [0.15, 0.2) is 0 Å². The van der Waals surface area contributed by atoms with Gasteiger partial charge in [-0.15, -0.1) is 0 Å². The lowest BCUT2D eigenvalue weighted by Crippen LogP contribution is -2.45. The number of alkyl halides is 1. The number of hydrogen-bond donors (Lipinski definition) is 1. The fourth-order valence-electron chi connectivity index (χ4n) is 6.30. The zero-order valence-corrected chi connectivity index (χ0v) is 24.1. The number of benzene rings is 3. The molecule has 3 aromatic rings. The molecular weight excluding hydrogens is 531 g/mol. The van der Waals surface area contributed by atoms with Crippen LogP contribution >= 0.6 is 0 Å². The van der Waals surface area contributed by atoms with E-state index in [-0.39, 0.29) is 5.91 Å². The smallest absolute Gasteiger partial charge is 0.238 e. The second kappa shape index (κ2) is 11.6. The molecule has 42 heavy (non-hydrogen) atoms. The molecule has 1 spiro atoms. The van der Waals surface area contributed by atoms with E-state index in [0.29, 0.717) is 31.0 Å². The highest BCUT2D eigenvalue weighted by atomic mass is 19.1. The number of ether oxygens (including phenoxy) is 2. The van der Waals surface area contributed by atoms with Crippen molar-refractivity contribution < 1.29 is 18.7 Å². The third kappa shape index (κ3) is 5.15. The Bertz CT molecular complexity index is 1500. The number of carbonyl (C=O) groups excluding carboxylic acids is 1. The predicted molar refractivity (Wildman–Crippen MR) is 164 cm³/mol. The van der Waals surface area contributed by atoms with Crippen molar-refractivity contribution in [2.75, 3.05) is 32.1 Å². The van der Waals surface area contributed by atoms with E-state index in [9.17, 15) is 4.79 Å². The van der Waals surface area contributed by atoms with Gasteiger partial charge < -0.3 is 25.0 Å². The highest BCUT2D eigenvalue weighted by Crippen LogP contribution is 2.57. The second-order valence-electron chi connectivity index (χ2n) is 11.5. The van der Waals surface area contributed by atoms with Crippen LogP contribution in [0.15, 0.2) is 84.0 Å². The maximum Gasteiger partial charge on any atom is 0.238 e. The zero-order chi connectivity index (χ0) is 29.3. The van der Waals surface area contributed by atoms with Gasteiger partial charge in [-0.25, -0.2) is 9.38 Å². The number of anilines is 1. The minimum absolute atomic E-state index is 0.0673. The second-order valence-corrected chi connectivity index (χ2v) is 11.5. The van der Waals surface area contributed by atoms with Gasteiger partial charge in [-0.2, -0.15) is 0 Å². The topological polar surface area (TPSA) is 80.4 Å². The van der Waals surface area contributed by atoms with Crippen LogP contribution < -0.4 is 20.1 Å². The number of allylic oxidation sites excluding steroid dienone is 1. The molecule has 1 amide bonds. The van der Waals surface area contributed by atoms with Crippen LogP contribution in [0.3, 0.4) is 0 Å². The van der Waals surface area contributed by atoms with Crippen LogP contribution in [0.25, 0.3) is 0 Å². The van der Waals surface area contributed by atoms with Crippen LogP contribution in [0.2, 0.25) is 0 Å². The Hall–Kier alpha value is -4.17. The third-order valence-electron chi connectivity index (χ3n) is 8.74. The highest BCUT2D eigenvalue weighted by Gasteiger charge is 2.55. The Morgan fingerprint density at radius 1 is 1.14 bits per heavy atom. The van der Waals surface area contributed by atoms with Gasteiger partial charge in [-0.3, -0.25) is 4.79 Å². The lowest BCUT2D eigenvalue weighted by molar-refractivity contribution is -0.126. The van der Waals surface area contributed by atoms with Crippen molar-refractivity contribution in [3.05, 3.63) is 95.7 Å². The van der Waals surface area contributed by atoms with E-state index < -0.39 is 17.7 Å². The molecule has 6 rings (SSSR count). The number of para-hydroxylation sites is 1. The van der Waals surface area contributed by atoms with Gasteiger partial charge in [0.25, 0.3) is 0 Å². The van der Waals surface area contributed by atoms with E-state index >= 15 is 4.39 Å². The normalized spacial score (nSPS) is 21.9. The van der Waals surface area contributed by atoms with Gasteiger partial charge in [0.1, 0.15) is 23.8 Å². The number of nitrogens with zero attached hydrogens (tertiary/aromatic N) is 3. The van der Waals surface area contributed by atoms with E-state index in [1.807, 2.05) is 77.5 Å². The minimum atomic E-state index is -1.14. The summed E-state index contributed by atoms with van der Waals surface area (Å²) < 4.78 is 27.2. The number of methoxy groups -OCH3 is 1. The van der Waals surface area contributed by atoms with E-state index in [2.05, 4.69) is 6.07 Å². The van der Waals surface area contributed by atoms with E-state index in [1.165, 1.54) is 6.20 Å². The fourth-order valence-corrected chi connectivity index (χ4v) is 6.30. The number of rotatable bonds is 8. The molecule has 1 aliphatic carbocycles. The molecule has 0 bridgehead atoms. The molecule has 2 aliphatic heterocycles. The summed E-state index contributed by atoms with van der Waals surface area (Å²) in [6, 6.07) is 21.4. The Kier molecular flexibility index (Phi) is 7.73. The number of carbonyl (C=O) groups is 1. The summed E-state index contributed by atoms with van der Waals surface area (Å²) in [5.74, 6) is 1.33. The summed E-state index contributed by atoms with van der Waals surface area (Å²) >= 11 is 0. The first kappa shape index (κ1) is 28.0. The average molecular weight is 569 g/mol. The van der Waals surface area contributed by atoms with Crippen molar-refractivity contribution in [3.63, 3.8) is 0 Å². The number of fused-ring (bicyclic) bond motifs is 2. The summed E-state index contributed by atoms with van der Waals surface area (Å²) in [5.41, 5.74) is 10.1. The summed E-state index contributed by atoms with van der Waals surface area (Å²) in [5, 5.41) is 0. The molecule has 7 nitrogen and oxygen atoms in total. The molecule has 218 valence electrons. The molecule has 8 heteroatoms. The summed E-state index contributed by atoms with van der Waals surface area (Å²) in [4.78, 5) is 22.9. The molecule has 0 aromatic heterocycles. The molecule has 2 heterocycles. The minimum Gasteiger partial charge on any atom is -0.497 e. The monoisotopic (exact) mass is 568 g/mol. The number of piperidine rings is 1. The zero-order valence-electron chi connectivity index (χ0n) is 24.1. The van der Waals surface area contributed by atoms with Gasteiger partial charge in [0.2, 0.25) is 5.91 Å². The van der Waals surface area contributed by atoms with Gasteiger partial charge in [0, 0.05) is 18.7 Å².